The highest BCUT2D eigenvalue weighted by atomic mass is 16.2. The monoisotopic (exact) mass is 370 g/mol. The third kappa shape index (κ3) is 3.70. The van der Waals surface area contributed by atoms with Crippen molar-refractivity contribution in [3.05, 3.63) is 22.5 Å². The van der Waals surface area contributed by atoms with Gasteiger partial charge in [-0.05, 0) is 50.7 Å². The van der Waals surface area contributed by atoms with Crippen LogP contribution in [-0.4, -0.2) is 40.4 Å². The summed E-state index contributed by atoms with van der Waals surface area (Å²) < 4.78 is 2.14. The Labute approximate surface area is 160 Å². The van der Waals surface area contributed by atoms with E-state index < -0.39 is 0 Å². The molecular formula is C21H30N4O2. The first kappa shape index (κ1) is 19.4. The molecule has 0 aromatic carbocycles. The van der Waals surface area contributed by atoms with E-state index >= 15 is 0 Å². The number of aryl methyl sites for hydroxylation is 3. The maximum atomic E-state index is 12.1. The molecule has 0 spiro atoms. The second kappa shape index (κ2) is 7.71. The summed E-state index contributed by atoms with van der Waals surface area (Å²) in [6.07, 6.45) is 5.78. The van der Waals surface area contributed by atoms with Crippen molar-refractivity contribution in [3.8, 4) is 0 Å². The lowest BCUT2D eigenvalue weighted by Crippen LogP contribution is -2.23. The fourth-order valence-electron chi connectivity index (χ4n) is 4.02. The van der Waals surface area contributed by atoms with E-state index in [9.17, 15) is 9.59 Å². The molecule has 2 amide bonds. The molecule has 1 N–H and O–H groups in total. The number of carbonyl (C=O) groups excluding carboxylic acids is 2. The van der Waals surface area contributed by atoms with Crippen LogP contribution in [0, 0.1) is 13.8 Å². The van der Waals surface area contributed by atoms with Crippen molar-refractivity contribution in [2.45, 2.75) is 65.8 Å². The van der Waals surface area contributed by atoms with Crippen molar-refractivity contribution in [3.63, 3.8) is 0 Å². The summed E-state index contributed by atoms with van der Waals surface area (Å²) >= 11 is 0. The molecule has 0 saturated heterocycles. The maximum Gasteiger partial charge on any atom is 0.223 e. The highest BCUT2D eigenvalue weighted by Crippen LogP contribution is 2.37. The Morgan fingerprint density at radius 2 is 1.85 bits per heavy atom. The van der Waals surface area contributed by atoms with Crippen molar-refractivity contribution in [2.75, 3.05) is 19.4 Å². The van der Waals surface area contributed by atoms with E-state index in [0.717, 1.165) is 59.4 Å². The SMILES string of the molecule is CC(=O)Nc1c2c(nc3c1c(C)c(C)n3CCC(=O)N(C)C)CCCCC2. The lowest BCUT2D eigenvalue weighted by molar-refractivity contribution is -0.128. The van der Waals surface area contributed by atoms with Crippen molar-refractivity contribution in [1.29, 1.82) is 0 Å². The minimum Gasteiger partial charge on any atom is -0.349 e. The van der Waals surface area contributed by atoms with Gasteiger partial charge < -0.3 is 14.8 Å². The van der Waals surface area contributed by atoms with Gasteiger partial charge in [0.2, 0.25) is 11.8 Å². The van der Waals surface area contributed by atoms with Gasteiger partial charge in [-0.1, -0.05) is 6.42 Å². The molecule has 0 bridgehead atoms. The van der Waals surface area contributed by atoms with Crippen LogP contribution in [0.2, 0.25) is 0 Å². The Bertz CT molecular complexity index is 896. The lowest BCUT2D eigenvalue weighted by atomic mass is 10.0. The Morgan fingerprint density at radius 3 is 2.52 bits per heavy atom. The van der Waals surface area contributed by atoms with Crippen LogP contribution in [0.15, 0.2) is 0 Å². The third-order valence-corrected chi connectivity index (χ3v) is 5.63. The zero-order valence-electron chi connectivity index (χ0n) is 17.1. The molecule has 1 aliphatic rings. The predicted octanol–water partition coefficient (Wildman–Crippen LogP) is 3.36. The first-order valence-corrected chi connectivity index (χ1v) is 9.80. The summed E-state index contributed by atoms with van der Waals surface area (Å²) in [4.78, 5) is 30.7. The van der Waals surface area contributed by atoms with Crippen LogP contribution in [0.1, 0.15) is 55.1 Å². The van der Waals surface area contributed by atoms with E-state index in [4.69, 9.17) is 4.98 Å². The quantitative estimate of drug-likeness (QED) is 0.839. The van der Waals surface area contributed by atoms with Gasteiger partial charge in [-0.25, -0.2) is 4.98 Å². The molecular weight excluding hydrogens is 340 g/mol. The number of anilines is 1. The number of pyridine rings is 1. The molecule has 0 radical (unpaired) electrons. The molecule has 27 heavy (non-hydrogen) atoms. The van der Waals surface area contributed by atoms with Crippen molar-refractivity contribution < 1.29 is 9.59 Å². The Kier molecular flexibility index (Phi) is 5.53. The largest absolute Gasteiger partial charge is 0.349 e. The summed E-state index contributed by atoms with van der Waals surface area (Å²) in [6.45, 7) is 6.31. The highest BCUT2D eigenvalue weighted by Gasteiger charge is 2.23. The van der Waals surface area contributed by atoms with Crippen LogP contribution in [0.3, 0.4) is 0 Å². The van der Waals surface area contributed by atoms with E-state index in [-0.39, 0.29) is 11.8 Å². The topological polar surface area (TPSA) is 67.2 Å². The van der Waals surface area contributed by atoms with E-state index in [0.29, 0.717) is 13.0 Å². The van der Waals surface area contributed by atoms with Gasteiger partial charge >= 0.3 is 0 Å². The van der Waals surface area contributed by atoms with Gasteiger partial charge in [0.15, 0.2) is 0 Å². The smallest absolute Gasteiger partial charge is 0.223 e. The minimum absolute atomic E-state index is 0.0541. The summed E-state index contributed by atoms with van der Waals surface area (Å²) in [5.74, 6) is 0.0484. The summed E-state index contributed by atoms with van der Waals surface area (Å²) in [5, 5.41) is 4.13. The molecule has 6 heteroatoms. The molecule has 0 saturated carbocycles. The van der Waals surface area contributed by atoms with Gasteiger partial charge in [0, 0.05) is 50.8 Å². The molecule has 1 aliphatic carbocycles. The molecule has 2 aromatic heterocycles. The second-order valence-electron chi connectivity index (χ2n) is 7.75. The molecule has 2 aromatic rings. The fourth-order valence-corrected chi connectivity index (χ4v) is 4.02. The Balaban J connectivity index is 2.18. The van der Waals surface area contributed by atoms with Gasteiger partial charge in [0.1, 0.15) is 5.65 Å². The number of rotatable bonds is 4. The molecule has 6 nitrogen and oxygen atoms in total. The molecule has 0 unspecified atom stereocenters. The van der Waals surface area contributed by atoms with Crippen LogP contribution in [0.5, 0.6) is 0 Å². The Hall–Kier alpha value is -2.37. The summed E-state index contributed by atoms with van der Waals surface area (Å²) in [7, 11) is 3.56. The highest BCUT2D eigenvalue weighted by molar-refractivity contribution is 6.03. The van der Waals surface area contributed by atoms with E-state index in [1.165, 1.54) is 12.0 Å². The number of fused-ring (bicyclic) bond motifs is 2. The van der Waals surface area contributed by atoms with E-state index in [1.807, 2.05) is 0 Å². The molecule has 146 valence electrons. The Morgan fingerprint density at radius 1 is 1.15 bits per heavy atom. The first-order chi connectivity index (χ1) is 12.8. The zero-order valence-corrected chi connectivity index (χ0v) is 17.1. The van der Waals surface area contributed by atoms with Gasteiger partial charge in [0.25, 0.3) is 0 Å². The van der Waals surface area contributed by atoms with Crippen molar-refractivity contribution in [1.82, 2.24) is 14.5 Å². The number of amides is 2. The number of nitrogens with one attached hydrogen (secondary N) is 1. The minimum atomic E-state index is -0.0541. The normalized spacial score (nSPS) is 14.0. The van der Waals surface area contributed by atoms with Gasteiger partial charge in [-0.15, -0.1) is 0 Å². The number of hydrogen-bond acceptors (Lipinski definition) is 3. The summed E-state index contributed by atoms with van der Waals surface area (Å²) in [5.41, 5.74) is 6.35. The van der Waals surface area contributed by atoms with Crippen molar-refractivity contribution >= 4 is 28.5 Å². The second-order valence-corrected chi connectivity index (χ2v) is 7.75. The number of hydrogen-bond donors (Lipinski definition) is 1. The fraction of sp³-hybridized carbons (Fsp3) is 0.571. The van der Waals surface area contributed by atoms with Crippen LogP contribution in [0.4, 0.5) is 5.69 Å². The van der Waals surface area contributed by atoms with Gasteiger partial charge in [-0.2, -0.15) is 0 Å². The van der Waals surface area contributed by atoms with Gasteiger partial charge in [-0.3, -0.25) is 9.59 Å². The average molecular weight is 370 g/mol. The molecule has 2 heterocycles. The average Bonchev–Trinajstić information content (AvgIpc) is 2.78. The van der Waals surface area contributed by atoms with Crippen LogP contribution < -0.4 is 5.32 Å². The first-order valence-electron chi connectivity index (χ1n) is 9.80. The number of nitrogens with zero attached hydrogens (tertiary/aromatic N) is 3. The molecule has 3 rings (SSSR count). The molecule has 0 aliphatic heterocycles. The third-order valence-electron chi connectivity index (χ3n) is 5.63. The predicted molar refractivity (Wildman–Crippen MR) is 108 cm³/mol. The standard InChI is InChI=1S/C21H30N4O2/c1-13-14(2)25(12-11-18(27)24(4)5)21-19(13)20(22-15(3)26)16-9-7-6-8-10-17(16)23-21/h6-12H2,1-5H3,(H,22,23,26). The molecule has 0 atom stereocenters. The van der Waals surface area contributed by atoms with Crippen LogP contribution >= 0.6 is 0 Å². The molecule has 0 fully saturated rings. The van der Waals surface area contributed by atoms with Gasteiger partial charge in [0.05, 0.1) is 5.69 Å². The summed E-state index contributed by atoms with van der Waals surface area (Å²) in [6, 6.07) is 0. The maximum absolute atomic E-state index is 12.1. The van der Waals surface area contributed by atoms with Crippen LogP contribution in [-0.2, 0) is 29.0 Å². The zero-order chi connectivity index (χ0) is 19.7. The van der Waals surface area contributed by atoms with Crippen LogP contribution in [0.25, 0.3) is 11.0 Å². The lowest BCUT2D eigenvalue weighted by Gasteiger charge is -2.16. The number of aromatic nitrogens is 2. The van der Waals surface area contributed by atoms with E-state index in [1.54, 1.807) is 25.9 Å². The van der Waals surface area contributed by atoms with Crippen molar-refractivity contribution in [2.24, 2.45) is 0 Å². The number of carbonyl (C=O) groups is 2. The van der Waals surface area contributed by atoms with E-state index in [2.05, 4.69) is 23.7 Å².